The van der Waals surface area contributed by atoms with E-state index in [9.17, 15) is 0 Å². The quantitative estimate of drug-likeness (QED) is 0.286. The van der Waals surface area contributed by atoms with Gasteiger partial charge in [-0.2, -0.15) is 0 Å². The lowest BCUT2D eigenvalue weighted by Crippen LogP contribution is -1.62. The molecule has 36 valence electrons. The van der Waals surface area contributed by atoms with Crippen molar-refractivity contribution in [2.45, 2.75) is 3.91 Å². The molecule has 6 heavy (non-hydrogen) atoms. The van der Waals surface area contributed by atoms with Crippen LogP contribution in [0.15, 0.2) is 0 Å². The second kappa shape index (κ2) is 0.872. The molecule has 2 aliphatic heterocycles. The van der Waals surface area contributed by atoms with Crippen molar-refractivity contribution in [2.75, 3.05) is 0 Å². The molecular formula is CHIS4. The molecule has 2 saturated heterocycles. The zero-order valence-corrected chi connectivity index (χ0v) is 8.01. The van der Waals surface area contributed by atoms with Crippen LogP contribution in [0, 0.1) is 0 Å². The first-order valence-electron chi connectivity index (χ1n) is 1.36. The first kappa shape index (κ1) is 4.84. The highest BCUT2D eigenvalue weighted by Crippen LogP contribution is 2.98. The average molecular weight is 268 g/mol. The van der Waals surface area contributed by atoms with E-state index < -0.39 is 2.96 Å². The Morgan fingerprint density at radius 2 is 1.83 bits per heavy atom. The fraction of sp³-hybridized carbons (Fsp3) is 1.00. The van der Waals surface area contributed by atoms with Crippen LogP contribution in [-0.2, 0) is 14.1 Å². The van der Waals surface area contributed by atoms with Gasteiger partial charge in [0.25, 0.3) is 0 Å². The third kappa shape index (κ3) is 0.463. The average Bonchev–Trinajstić information content (AvgIpc) is 1.77. The van der Waals surface area contributed by atoms with Crippen molar-refractivity contribution in [2.24, 2.45) is 0 Å². The number of rotatable bonds is 0. The number of halogens is 1. The van der Waals surface area contributed by atoms with E-state index in [0.717, 1.165) is 3.91 Å². The summed E-state index contributed by atoms with van der Waals surface area (Å²) in [7, 11) is 4.00. The topological polar surface area (TPSA) is 0 Å². The first-order chi connectivity index (χ1) is 2.60. The summed E-state index contributed by atoms with van der Waals surface area (Å²) in [6.07, 6.45) is 0. The predicted molar refractivity (Wildman–Crippen MR) is 47.7 cm³/mol. The summed E-state index contributed by atoms with van der Waals surface area (Å²) in [5.74, 6) is 0. The van der Waals surface area contributed by atoms with Crippen molar-refractivity contribution < 1.29 is 0 Å². The zero-order chi connectivity index (χ0) is 4.44. The molecule has 0 atom stereocenters. The molecule has 2 heterocycles. The molecule has 0 amide bonds. The monoisotopic (exact) mass is 268 g/mol. The fourth-order valence-electron chi connectivity index (χ4n) is 0.240. The van der Waals surface area contributed by atoms with E-state index in [-0.39, 0.29) is 0 Å². The van der Waals surface area contributed by atoms with Gasteiger partial charge in [-0.15, -0.1) is 0 Å². The van der Waals surface area contributed by atoms with Crippen molar-refractivity contribution in [3.8, 4) is 0 Å². The largest absolute Gasteiger partial charge is 0.130 e. The minimum atomic E-state index is -1.05. The van der Waals surface area contributed by atoms with E-state index in [2.05, 4.69) is 21.2 Å². The zero-order valence-electron chi connectivity index (χ0n) is 2.59. The van der Waals surface area contributed by atoms with Gasteiger partial charge in [0.15, 0.2) is 0 Å². The van der Waals surface area contributed by atoms with E-state index in [1.807, 2.05) is 21.6 Å². The maximum atomic E-state index is 5.24. The molecule has 5 heteroatoms. The smallest absolute Gasteiger partial charge is 0.0610 e. The van der Waals surface area contributed by atoms with Crippen molar-refractivity contribution in [3.05, 3.63) is 0 Å². The second-order valence-electron chi connectivity index (χ2n) is 1.25. The van der Waals surface area contributed by atoms with Crippen molar-refractivity contribution in [1.82, 2.24) is 0 Å². The van der Waals surface area contributed by atoms with Crippen LogP contribution >= 0.6 is 42.8 Å². The molecule has 0 aromatic rings. The standard InChI is InChI=1S/CHIS4/c2-6(3)1(4-6)5-6/h1H. The third-order valence-electron chi connectivity index (χ3n) is 0.731. The van der Waals surface area contributed by atoms with E-state index in [1.54, 1.807) is 0 Å². The summed E-state index contributed by atoms with van der Waals surface area (Å²) in [6.45, 7) is 0. The Balaban J connectivity index is 2.71. The predicted octanol–water partition coefficient (Wildman–Crippen LogP) is 2.10. The van der Waals surface area contributed by atoms with Gasteiger partial charge in [-0.3, -0.25) is 0 Å². The van der Waals surface area contributed by atoms with Gasteiger partial charge in [0.05, 0.1) is 0 Å². The van der Waals surface area contributed by atoms with Crippen LogP contribution in [0.2, 0.25) is 0 Å². The summed E-state index contributed by atoms with van der Waals surface area (Å²) in [5, 5.41) is 0. The molecule has 0 bridgehead atoms. The highest BCUT2D eigenvalue weighted by Gasteiger charge is 2.75. The third-order valence-corrected chi connectivity index (χ3v) is 21.1. The van der Waals surface area contributed by atoms with E-state index >= 15 is 0 Å². The Morgan fingerprint density at radius 1 is 1.67 bits per heavy atom. The second-order valence-corrected chi connectivity index (χ2v) is 25.6. The fourth-order valence-corrected chi connectivity index (χ4v) is 20.8. The molecule has 2 fully saturated rings. The van der Waals surface area contributed by atoms with Gasteiger partial charge in [0.1, 0.15) is 3.91 Å². The highest BCUT2D eigenvalue weighted by molar-refractivity contribution is 14.2. The molecule has 0 saturated carbocycles. The molecule has 2 aliphatic rings. The lowest BCUT2D eigenvalue weighted by atomic mass is 11.9. The van der Waals surface area contributed by atoms with E-state index in [4.69, 9.17) is 11.2 Å². The van der Waals surface area contributed by atoms with Crippen molar-refractivity contribution in [1.29, 1.82) is 0 Å². The molecule has 0 aromatic carbocycles. The molecular weight excluding hydrogens is 267 g/mol. The Hall–Kier alpha value is 2.00. The van der Waals surface area contributed by atoms with Gasteiger partial charge in [-0.05, 0) is 14.1 Å². The molecule has 0 spiro atoms. The summed E-state index contributed by atoms with van der Waals surface area (Å²) < 4.78 is -0.160. The van der Waals surface area contributed by atoms with E-state index in [0.29, 0.717) is 0 Å². The molecule has 0 radical (unpaired) electrons. The van der Waals surface area contributed by atoms with Crippen molar-refractivity contribution in [3.63, 3.8) is 0 Å². The lowest BCUT2D eigenvalue weighted by Gasteiger charge is -1.91. The lowest BCUT2D eigenvalue weighted by molar-refractivity contribution is 2.27. The summed E-state index contributed by atoms with van der Waals surface area (Å²) in [5.41, 5.74) is 0. The van der Waals surface area contributed by atoms with Crippen LogP contribution in [0.3, 0.4) is 0 Å². The highest BCUT2D eigenvalue weighted by atomic mass is 127. The van der Waals surface area contributed by atoms with Crippen LogP contribution in [0.4, 0.5) is 0 Å². The maximum absolute atomic E-state index is 5.24. The Labute approximate surface area is 60.1 Å². The van der Waals surface area contributed by atoms with Gasteiger partial charge < -0.3 is 0 Å². The van der Waals surface area contributed by atoms with Crippen LogP contribution in [0.5, 0.6) is 0 Å². The van der Waals surface area contributed by atoms with Gasteiger partial charge in [-0.1, -0.05) is 21.6 Å². The Kier molecular flexibility index (Phi) is 0.703. The number of fused-ring (bicyclic) bond motifs is 1. The van der Waals surface area contributed by atoms with Crippen LogP contribution in [0.25, 0.3) is 0 Å². The molecule has 0 unspecified atom stereocenters. The molecule has 0 nitrogen and oxygen atoms in total. The van der Waals surface area contributed by atoms with Crippen LogP contribution < -0.4 is 0 Å². The van der Waals surface area contributed by atoms with Crippen LogP contribution in [-0.4, -0.2) is 3.91 Å². The molecule has 2 rings (SSSR count). The summed E-state index contributed by atoms with van der Waals surface area (Å²) in [6, 6.07) is 0. The van der Waals surface area contributed by atoms with Gasteiger partial charge >= 0.3 is 0 Å². The normalized spacial score (nSPS) is 60.2. The summed E-state index contributed by atoms with van der Waals surface area (Å²) in [4.78, 5) is 0. The minimum absolute atomic E-state index is 0.887. The summed E-state index contributed by atoms with van der Waals surface area (Å²) >= 11 is 7.68. The van der Waals surface area contributed by atoms with Gasteiger partial charge in [0.2, 0.25) is 0 Å². The Morgan fingerprint density at radius 3 is 1.83 bits per heavy atom. The number of hydrogen-bond acceptors (Lipinski definition) is 3. The Bertz CT molecular complexity index is 160. The van der Waals surface area contributed by atoms with Gasteiger partial charge in [-0.25, -0.2) is 0 Å². The van der Waals surface area contributed by atoms with Gasteiger partial charge in [0, 0.05) is 21.2 Å². The minimum Gasteiger partial charge on any atom is -0.0610 e. The molecule has 0 N–H and O–H groups in total. The SMILES string of the molecule is S=S12(I)SC1S2. The van der Waals surface area contributed by atoms with Crippen molar-refractivity contribution >= 4 is 56.9 Å². The number of hydrogen-bond donors (Lipinski definition) is 0. The molecule has 0 aromatic heterocycles. The van der Waals surface area contributed by atoms with Crippen LogP contribution in [0.1, 0.15) is 0 Å². The van der Waals surface area contributed by atoms with E-state index in [1.165, 1.54) is 0 Å². The maximum Gasteiger partial charge on any atom is 0.130 e. The molecule has 0 aliphatic carbocycles. The first-order valence-corrected chi connectivity index (χ1v) is 9.73.